The molecule has 6 nitrogen and oxygen atoms in total. The molecule has 0 aliphatic heterocycles. The van der Waals surface area contributed by atoms with Gasteiger partial charge in [0.15, 0.2) is 0 Å². The van der Waals surface area contributed by atoms with E-state index >= 15 is 0 Å². The lowest BCUT2D eigenvalue weighted by molar-refractivity contribution is -0.384. The van der Waals surface area contributed by atoms with E-state index in [1.807, 2.05) is 0 Å². The zero-order chi connectivity index (χ0) is 10.3. The summed E-state index contributed by atoms with van der Waals surface area (Å²) >= 11 is 1.36. The largest absolute Gasteiger partial charge is 0.391 e. The van der Waals surface area contributed by atoms with Gasteiger partial charge in [-0.25, -0.2) is 9.97 Å². The molecule has 7 heteroatoms. The zero-order valence-electron chi connectivity index (χ0n) is 7.22. The van der Waals surface area contributed by atoms with E-state index < -0.39 is 4.92 Å². The van der Waals surface area contributed by atoms with Crippen LogP contribution in [0.1, 0.15) is 5.01 Å². The summed E-state index contributed by atoms with van der Waals surface area (Å²) in [5.41, 5.74) is 5.91. The highest BCUT2D eigenvalue weighted by atomic mass is 32.1. The third-order valence-corrected chi connectivity index (χ3v) is 2.63. The van der Waals surface area contributed by atoms with Crippen LogP contribution in [0.2, 0.25) is 0 Å². The summed E-state index contributed by atoms with van der Waals surface area (Å²) in [5.74, 6) is 0. The number of fused-ring (bicyclic) bond motifs is 1. The van der Waals surface area contributed by atoms with Crippen molar-refractivity contribution >= 4 is 33.1 Å². The predicted molar refractivity (Wildman–Crippen MR) is 53.2 cm³/mol. The smallest absolute Gasteiger partial charge is 0.312 e. The number of anilines is 1. The van der Waals surface area contributed by atoms with Gasteiger partial charge in [0, 0.05) is 0 Å². The molecule has 0 aliphatic rings. The van der Waals surface area contributed by atoms with Crippen molar-refractivity contribution in [1.82, 2.24) is 9.97 Å². The molecule has 0 aromatic carbocycles. The molecule has 0 saturated carbocycles. The summed E-state index contributed by atoms with van der Waals surface area (Å²) < 4.78 is 0. The van der Waals surface area contributed by atoms with Crippen LogP contribution in [0.25, 0.3) is 10.3 Å². The van der Waals surface area contributed by atoms with E-state index in [-0.39, 0.29) is 11.4 Å². The van der Waals surface area contributed by atoms with E-state index in [0.29, 0.717) is 10.3 Å². The second kappa shape index (κ2) is 2.88. The van der Waals surface area contributed by atoms with Gasteiger partial charge in [0.05, 0.1) is 9.93 Å². The van der Waals surface area contributed by atoms with E-state index in [2.05, 4.69) is 9.97 Å². The minimum atomic E-state index is -0.559. The van der Waals surface area contributed by atoms with Gasteiger partial charge in [-0.3, -0.25) is 10.1 Å². The highest BCUT2D eigenvalue weighted by Gasteiger charge is 2.17. The van der Waals surface area contributed by atoms with Gasteiger partial charge in [-0.1, -0.05) is 11.3 Å². The van der Waals surface area contributed by atoms with Crippen molar-refractivity contribution in [2.45, 2.75) is 6.92 Å². The van der Waals surface area contributed by atoms with Gasteiger partial charge in [0.2, 0.25) is 0 Å². The van der Waals surface area contributed by atoms with Crippen molar-refractivity contribution in [2.24, 2.45) is 0 Å². The Morgan fingerprint density at radius 1 is 1.64 bits per heavy atom. The first-order valence-electron chi connectivity index (χ1n) is 3.75. The Morgan fingerprint density at radius 3 is 3.00 bits per heavy atom. The second-order valence-electron chi connectivity index (χ2n) is 2.70. The molecule has 2 aromatic rings. The van der Waals surface area contributed by atoms with E-state index in [1.165, 1.54) is 11.3 Å². The van der Waals surface area contributed by atoms with Crippen LogP contribution in [0, 0.1) is 17.0 Å². The lowest BCUT2D eigenvalue weighted by Crippen LogP contribution is -1.97. The molecule has 0 unspecified atom stereocenters. The number of nitrogen functional groups attached to an aromatic ring is 1. The van der Waals surface area contributed by atoms with Crippen LogP contribution in [-0.4, -0.2) is 14.9 Å². The Labute approximate surface area is 82.6 Å². The molecule has 0 fully saturated rings. The minimum Gasteiger partial charge on any atom is -0.391 e. The van der Waals surface area contributed by atoms with Crippen LogP contribution in [0.3, 0.4) is 0 Å². The van der Waals surface area contributed by atoms with Gasteiger partial charge in [-0.2, -0.15) is 0 Å². The van der Waals surface area contributed by atoms with Gasteiger partial charge in [-0.05, 0) is 6.92 Å². The van der Waals surface area contributed by atoms with E-state index in [4.69, 9.17) is 5.73 Å². The topological polar surface area (TPSA) is 94.9 Å². The first-order chi connectivity index (χ1) is 6.59. The number of hydrogen-bond acceptors (Lipinski definition) is 6. The number of nitrogens with two attached hydrogens (primary N) is 1. The normalized spacial score (nSPS) is 10.6. The summed E-state index contributed by atoms with van der Waals surface area (Å²) in [6, 6.07) is 0. The molecule has 2 rings (SSSR count). The van der Waals surface area contributed by atoms with Crippen LogP contribution < -0.4 is 5.73 Å². The van der Waals surface area contributed by atoms with Crippen molar-refractivity contribution in [2.75, 3.05) is 5.73 Å². The molecular weight excluding hydrogens is 204 g/mol. The quantitative estimate of drug-likeness (QED) is 0.568. The number of hydrogen-bond donors (Lipinski definition) is 1. The molecule has 2 heterocycles. The first kappa shape index (κ1) is 8.82. The molecule has 0 aliphatic carbocycles. The number of aryl methyl sites for hydroxylation is 1. The van der Waals surface area contributed by atoms with Crippen LogP contribution in [0.4, 0.5) is 11.4 Å². The van der Waals surface area contributed by atoms with Gasteiger partial charge < -0.3 is 5.73 Å². The molecule has 0 atom stereocenters. The number of nitrogens with zero attached hydrogens (tertiary/aromatic N) is 3. The Balaban J connectivity index is 2.80. The highest BCUT2D eigenvalue weighted by Crippen LogP contribution is 2.30. The average Bonchev–Trinajstić information content (AvgIpc) is 2.46. The summed E-state index contributed by atoms with van der Waals surface area (Å²) in [6.45, 7) is 1.80. The van der Waals surface area contributed by atoms with Crippen molar-refractivity contribution in [3.8, 4) is 0 Å². The van der Waals surface area contributed by atoms with Gasteiger partial charge in [0.1, 0.15) is 22.2 Å². The number of nitro groups is 1. The number of thiazole rings is 1. The van der Waals surface area contributed by atoms with Gasteiger partial charge in [-0.15, -0.1) is 0 Å². The fourth-order valence-electron chi connectivity index (χ4n) is 1.14. The molecule has 2 N–H and O–H groups in total. The molecular formula is C7H6N4O2S. The highest BCUT2D eigenvalue weighted by molar-refractivity contribution is 7.18. The molecule has 2 aromatic heterocycles. The average molecular weight is 210 g/mol. The molecule has 0 amide bonds. The summed E-state index contributed by atoms with van der Waals surface area (Å²) in [4.78, 5) is 18.6. The zero-order valence-corrected chi connectivity index (χ0v) is 8.04. The lowest BCUT2D eigenvalue weighted by atomic mass is 10.3. The maximum atomic E-state index is 10.5. The van der Waals surface area contributed by atoms with Crippen LogP contribution in [-0.2, 0) is 0 Å². The maximum Gasteiger partial charge on any atom is 0.312 e. The molecule has 72 valence electrons. The predicted octanol–water partition coefficient (Wildman–Crippen LogP) is 1.49. The molecule has 0 saturated heterocycles. The minimum absolute atomic E-state index is 0.0874. The van der Waals surface area contributed by atoms with Crippen LogP contribution >= 0.6 is 11.3 Å². The van der Waals surface area contributed by atoms with Crippen molar-refractivity contribution in [1.29, 1.82) is 0 Å². The SMILES string of the molecule is Cc1nc2c(N)c([N+](=O)[O-])cnc2s1. The van der Waals surface area contributed by atoms with Crippen molar-refractivity contribution < 1.29 is 4.92 Å². The first-order valence-corrected chi connectivity index (χ1v) is 4.57. The molecule has 14 heavy (non-hydrogen) atoms. The maximum absolute atomic E-state index is 10.5. The fourth-order valence-corrected chi connectivity index (χ4v) is 1.91. The summed E-state index contributed by atoms with van der Waals surface area (Å²) in [7, 11) is 0. The number of pyridine rings is 1. The Bertz CT molecular complexity index is 522. The van der Waals surface area contributed by atoms with E-state index in [0.717, 1.165) is 11.2 Å². The second-order valence-corrected chi connectivity index (χ2v) is 3.88. The molecule has 0 bridgehead atoms. The monoisotopic (exact) mass is 210 g/mol. The summed E-state index contributed by atoms with van der Waals surface area (Å²) in [5, 5.41) is 11.3. The van der Waals surface area contributed by atoms with Gasteiger partial charge >= 0.3 is 5.69 Å². The molecule has 0 spiro atoms. The third kappa shape index (κ3) is 1.18. The Morgan fingerprint density at radius 2 is 2.36 bits per heavy atom. The van der Waals surface area contributed by atoms with Crippen molar-refractivity contribution in [3.05, 3.63) is 21.3 Å². The third-order valence-electron chi connectivity index (χ3n) is 1.75. The lowest BCUT2D eigenvalue weighted by Gasteiger charge is -1.95. The Hall–Kier alpha value is -1.76. The van der Waals surface area contributed by atoms with Gasteiger partial charge in [0.25, 0.3) is 0 Å². The molecule has 0 radical (unpaired) electrons. The number of aromatic nitrogens is 2. The standard InChI is InChI=1S/C7H6N4O2S/c1-3-10-6-5(8)4(11(12)13)2-9-7(6)14-3/h2H,1H3,(H2,8,9). The van der Waals surface area contributed by atoms with Crippen molar-refractivity contribution in [3.63, 3.8) is 0 Å². The number of rotatable bonds is 1. The van der Waals surface area contributed by atoms with Crippen LogP contribution in [0.15, 0.2) is 6.20 Å². The van der Waals surface area contributed by atoms with Crippen LogP contribution in [0.5, 0.6) is 0 Å². The Kier molecular flexibility index (Phi) is 1.81. The van der Waals surface area contributed by atoms with E-state index in [1.54, 1.807) is 6.92 Å². The van der Waals surface area contributed by atoms with E-state index in [9.17, 15) is 10.1 Å². The fraction of sp³-hybridized carbons (Fsp3) is 0.143. The summed E-state index contributed by atoms with van der Waals surface area (Å²) in [6.07, 6.45) is 1.16.